The van der Waals surface area contributed by atoms with Gasteiger partial charge in [0.1, 0.15) is 0 Å². The molecule has 5 N–H and O–H groups in total. The van der Waals surface area contributed by atoms with Crippen molar-refractivity contribution in [1.82, 2.24) is 29.8 Å². The van der Waals surface area contributed by atoms with Crippen LogP contribution >= 0.6 is 11.6 Å². The van der Waals surface area contributed by atoms with Crippen molar-refractivity contribution in [2.24, 2.45) is 5.92 Å². The number of urea groups is 1. The number of nitrogens with two attached hydrogens (primary N) is 1. The van der Waals surface area contributed by atoms with E-state index in [1.807, 2.05) is 39.0 Å². The lowest BCUT2D eigenvalue weighted by molar-refractivity contribution is -0.139. The van der Waals surface area contributed by atoms with Gasteiger partial charge in [-0.2, -0.15) is 0 Å². The van der Waals surface area contributed by atoms with E-state index in [4.69, 9.17) is 23.8 Å². The summed E-state index contributed by atoms with van der Waals surface area (Å²) in [6.07, 6.45) is 8.94. The maximum absolute atomic E-state index is 14.2. The molecular weight excluding hydrogens is 628 g/mol. The van der Waals surface area contributed by atoms with Gasteiger partial charge in [0, 0.05) is 75.7 Å². The summed E-state index contributed by atoms with van der Waals surface area (Å²) in [5, 5.41) is 18.1. The van der Waals surface area contributed by atoms with Crippen LogP contribution in [0, 0.1) is 18.3 Å². The molecule has 8 rings (SSSR count). The summed E-state index contributed by atoms with van der Waals surface area (Å²) in [5.74, 6) is 3.31. The summed E-state index contributed by atoms with van der Waals surface area (Å²) in [4.78, 5) is 38.0. The second-order valence-electron chi connectivity index (χ2n) is 14.0. The van der Waals surface area contributed by atoms with Crippen molar-refractivity contribution in [2.45, 2.75) is 63.1 Å². The van der Waals surface area contributed by atoms with Crippen LogP contribution in [-0.2, 0) is 17.8 Å². The highest BCUT2D eigenvalue weighted by Crippen LogP contribution is 2.32. The number of likely N-dealkylation sites (tertiary alicyclic amines) is 1. The molecule has 0 aliphatic carbocycles. The summed E-state index contributed by atoms with van der Waals surface area (Å²) in [5.41, 5.74) is 9.67. The first-order chi connectivity index (χ1) is 23.3. The number of rotatable bonds is 8. The number of amides is 3. The maximum Gasteiger partial charge on any atom is 0.322 e. The van der Waals surface area contributed by atoms with Gasteiger partial charge < -0.3 is 30.9 Å². The molecule has 0 radical (unpaired) electrons. The third-order valence-corrected chi connectivity index (χ3v) is 11.6. The predicted octanol–water partition coefficient (Wildman–Crippen LogP) is 2.43. The summed E-state index contributed by atoms with van der Waals surface area (Å²) < 4.78 is 0. The predicted molar refractivity (Wildman–Crippen MR) is 187 cm³/mol. The number of anilines is 2. The van der Waals surface area contributed by atoms with Gasteiger partial charge >= 0.3 is 6.03 Å². The number of piperidine rings is 4. The molecule has 3 atom stereocenters. The van der Waals surface area contributed by atoms with Crippen LogP contribution in [0.15, 0.2) is 36.4 Å². The number of nitrogens with zero attached hydrogens (tertiary/aromatic N) is 5. The fourth-order valence-electron chi connectivity index (χ4n) is 8.45. The Labute approximate surface area is 288 Å². The van der Waals surface area contributed by atoms with Crippen molar-refractivity contribution in [1.29, 1.82) is 0 Å². The lowest BCUT2D eigenvalue weighted by Gasteiger charge is -2.51. The van der Waals surface area contributed by atoms with E-state index in [0.29, 0.717) is 74.3 Å². The molecule has 6 aliphatic rings. The lowest BCUT2D eigenvalue weighted by Crippen LogP contribution is -2.63. The molecule has 2 aromatic rings. The Balaban J connectivity index is 1.00. The highest BCUT2D eigenvalue weighted by Gasteiger charge is 2.40. The van der Waals surface area contributed by atoms with Crippen molar-refractivity contribution < 1.29 is 14.7 Å². The van der Waals surface area contributed by atoms with Crippen LogP contribution in [-0.4, -0.2) is 125 Å². The lowest BCUT2D eigenvalue weighted by atomic mass is 9.83. The van der Waals surface area contributed by atoms with Crippen molar-refractivity contribution in [3.8, 4) is 12.3 Å². The quantitative estimate of drug-likeness (QED) is 0.192. The number of nitrogen functional groups attached to an aromatic ring is 1. The first-order valence-electron chi connectivity index (χ1n) is 17.4. The highest BCUT2D eigenvalue weighted by atomic mass is 35.5. The molecule has 0 aromatic heterocycles. The first-order valence-corrected chi connectivity index (χ1v) is 17.8. The van der Waals surface area contributed by atoms with E-state index in [-0.39, 0.29) is 18.0 Å². The smallest absolute Gasteiger partial charge is 0.322 e. The van der Waals surface area contributed by atoms with Crippen LogP contribution < -0.4 is 16.4 Å². The monoisotopic (exact) mass is 674 g/mol. The molecule has 2 bridgehead atoms. The number of halogens is 1. The van der Waals surface area contributed by atoms with Crippen LogP contribution in [0.2, 0.25) is 5.02 Å². The number of hydrogen-bond donors (Lipinski definition) is 4. The Hall–Kier alpha value is -3.37. The highest BCUT2D eigenvalue weighted by molar-refractivity contribution is 6.33. The van der Waals surface area contributed by atoms with E-state index in [1.165, 1.54) is 25.9 Å². The van der Waals surface area contributed by atoms with Crippen LogP contribution in [0.4, 0.5) is 16.2 Å². The molecule has 48 heavy (non-hydrogen) atoms. The zero-order valence-electron chi connectivity index (χ0n) is 27.5. The molecule has 3 amide bonds. The number of fused-ring (bicyclic) bond motifs is 4. The average Bonchev–Trinajstić information content (AvgIpc) is 3.12. The van der Waals surface area contributed by atoms with Crippen molar-refractivity contribution in [2.75, 3.05) is 70.0 Å². The molecule has 12 heteroatoms. The van der Waals surface area contributed by atoms with Crippen LogP contribution in [0.5, 0.6) is 0 Å². The standard InChI is InChI=1S/C36H47ClN8O3/c1-2-25-19-24(20-29(37)33(25)38)21-31(34(46)43-17-15-42(16-18-43)32-23-41-11-7-26(32)8-12-41)40-35(47)44-13-9-28(10-14-44)45-22-27-5-3-4-6-30(27)39-36(45)48/h1,3-6,19-20,26,28,31-32,35,40,47H,7-18,21-23,38H2,(H,39,48)/t31-,32?,35?/m1/s1. The van der Waals surface area contributed by atoms with Crippen molar-refractivity contribution >= 4 is 34.9 Å². The van der Waals surface area contributed by atoms with E-state index in [0.717, 1.165) is 42.4 Å². The minimum atomic E-state index is -1.04. The number of hydrogen-bond acceptors (Lipinski definition) is 8. The SMILES string of the molecule is C#Cc1cc(C[C@@H](NC(O)N2CCC(N3Cc4ccccc4NC3=O)CC2)C(=O)N2CCN(C3CN4CCC3CC4)CC2)cc(Cl)c1N. The Bertz CT molecular complexity index is 1540. The molecule has 6 heterocycles. The largest absolute Gasteiger partial charge is 0.397 e. The van der Waals surface area contributed by atoms with E-state index in [2.05, 4.69) is 26.4 Å². The number of aliphatic hydroxyl groups excluding tert-OH is 1. The van der Waals surface area contributed by atoms with Gasteiger partial charge in [0.2, 0.25) is 5.91 Å². The van der Waals surface area contributed by atoms with Gasteiger partial charge in [-0.25, -0.2) is 4.79 Å². The van der Waals surface area contributed by atoms with Gasteiger partial charge in [0.15, 0.2) is 6.35 Å². The summed E-state index contributed by atoms with van der Waals surface area (Å²) in [7, 11) is 0. The first kappa shape index (κ1) is 33.1. The Morgan fingerprint density at radius 3 is 2.48 bits per heavy atom. The third-order valence-electron chi connectivity index (χ3n) is 11.3. The number of carbonyl (C=O) groups is 2. The van der Waals surface area contributed by atoms with Crippen molar-refractivity contribution in [3.05, 3.63) is 58.1 Å². The summed E-state index contributed by atoms with van der Waals surface area (Å²) in [6, 6.07) is 11.3. The molecule has 0 spiro atoms. The molecule has 6 aliphatic heterocycles. The van der Waals surface area contributed by atoms with Gasteiger partial charge in [0.05, 0.1) is 16.8 Å². The van der Waals surface area contributed by atoms with Crippen LogP contribution in [0.1, 0.15) is 42.4 Å². The number of nitrogens with one attached hydrogen (secondary N) is 2. The van der Waals surface area contributed by atoms with E-state index >= 15 is 0 Å². The minimum absolute atomic E-state index is 0.0450. The summed E-state index contributed by atoms with van der Waals surface area (Å²) in [6.45, 7) is 8.31. The van der Waals surface area contributed by atoms with Crippen LogP contribution in [0.25, 0.3) is 0 Å². The summed E-state index contributed by atoms with van der Waals surface area (Å²) >= 11 is 6.43. The fourth-order valence-corrected chi connectivity index (χ4v) is 8.69. The molecule has 5 fully saturated rings. The second-order valence-corrected chi connectivity index (χ2v) is 14.4. The number of terminal acetylenes is 1. The number of carbonyl (C=O) groups excluding carboxylic acids is 2. The van der Waals surface area contributed by atoms with Gasteiger partial charge in [-0.1, -0.05) is 35.7 Å². The van der Waals surface area contributed by atoms with E-state index in [9.17, 15) is 14.7 Å². The van der Waals surface area contributed by atoms with E-state index in [1.54, 1.807) is 12.1 Å². The van der Waals surface area contributed by atoms with Gasteiger partial charge in [-0.05, 0) is 80.4 Å². The molecule has 0 saturated carbocycles. The molecule has 11 nitrogen and oxygen atoms in total. The van der Waals surface area contributed by atoms with Crippen LogP contribution in [0.3, 0.4) is 0 Å². The van der Waals surface area contributed by atoms with E-state index < -0.39 is 12.4 Å². The molecular formula is C36H47ClN8O3. The topological polar surface area (TPSA) is 121 Å². The second kappa shape index (κ2) is 14.2. The number of piperazine rings is 1. The maximum atomic E-state index is 14.2. The van der Waals surface area contributed by atoms with Gasteiger partial charge in [0.25, 0.3) is 0 Å². The van der Waals surface area contributed by atoms with Gasteiger partial charge in [-0.3, -0.25) is 19.9 Å². The minimum Gasteiger partial charge on any atom is -0.397 e. The number of para-hydroxylation sites is 1. The average molecular weight is 675 g/mol. The number of aliphatic hydroxyl groups is 1. The molecule has 5 saturated heterocycles. The molecule has 256 valence electrons. The normalized spacial score (nSPS) is 26.4. The number of benzene rings is 2. The zero-order valence-corrected chi connectivity index (χ0v) is 28.2. The Kier molecular flexibility index (Phi) is 9.83. The molecule has 2 unspecified atom stereocenters. The molecule has 2 aromatic carbocycles. The Morgan fingerprint density at radius 1 is 1.06 bits per heavy atom. The Morgan fingerprint density at radius 2 is 1.79 bits per heavy atom. The fraction of sp³-hybridized carbons (Fsp3) is 0.556. The van der Waals surface area contributed by atoms with Gasteiger partial charge in [-0.15, -0.1) is 6.42 Å². The van der Waals surface area contributed by atoms with Crippen molar-refractivity contribution in [3.63, 3.8) is 0 Å². The third kappa shape index (κ3) is 6.88. The zero-order chi connectivity index (χ0) is 33.4.